The Labute approximate surface area is 127 Å². The minimum Gasteiger partial charge on any atom is -0.383 e. The smallest absolute Gasteiger partial charge is 0.146 e. The van der Waals surface area contributed by atoms with Crippen molar-refractivity contribution in [2.24, 2.45) is 5.92 Å². The Hall–Kier alpha value is -1.13. The van der Waals surface area contributed by atoms with E-state index < -0.39 is 0 Å². The number of hydrogen-bond acceptors (Lipinski definition) is 3. The molecule has 3 nitrogen and oxygen atoms in total. The van der Waals surface area contributed by atoms with Gasteiger partial charge in [0.2, 0.25) is 0 Å². The predicted molar refractivity (Wildman–Crippen MR) is 85.2 cm³/mol. The third kappa shape index (κ3) is 4.17. The number of anilines is 1. The molecule has 0 spiro atoms. The Morgan fingerprint density at radius 2 is 2.19 bits per heavy atom. The number of halogens is 1. The lowest BCUT2D eigenvalue weighted by Crippen LogP contribution is -2.39. The van der Waals surface area contributed by atoms with Crippen LogP contribution in [-0.4, -0.2) is 32.8 Å². The molecule has 4 heteroatoms. The number of nitrogens with one attached hydrogen (secondary N) is 1. The van der Waals surface area contributed by atoms with Gasteiger partial charge in [0.25, 0.3) is 0 Å². The standard InChI is InChI=1S/C17H27FN2O/c1-4-19-12-15-6-5-7-16(18)17(15)20(10-11-21-3)13(2)14-8-9-14/h5-7,13-14,19H,4,8-12H2,1-3H3. The van der Waals surface area contributed by atoms with Crippen molar-refractivity contribution < 1.29 is 9.13 Å². The van der Waals surface area contributed by atoms with Gasteiger partial charge in [-0.2, -0.15) is 0 Å². The lowest BCUT2D eigenvalue weighted by molar-refractivity contribution is 0.202. The predicted octanol–water partition coefficient (Wildman–Crippen LogP) is 3.19. The van der Waals surface area contributed by atoms with E-state index in [1.165, 1.54) is 12.8 Å². The van der Waals surface area contributed by atoms with Gasteiger partial charge in [0.05, 0.1) is 12.3 Å². The molecule has 2 rings (SSSR count). The molecule has 1 N–H and O–H groups in total. The van der Waals surface area contributed by atoms with Crippen molar-refractivity contribution in [2.45, 2.75) is 39.3 Å². The van der Waals surface area contributed by atoms with E-state index in [2.05, 4.69) is 24.1 Å². The van der Waals surface area contributed by atoms with Crippen LogP contribution in [0.1, 0.15) is 32.3 Å². The average Bonchev–Trinajstić information content (AvgIpc) is 3.31. The van der Waals surface area contributed by atoms with Gasteiger partial charge in [-0.3, -0.25) is 0 Å². The van der Waals surface area contributed by atoms with Crippen LogP contribution in [0, 0.1) is 11.7 Å². The van der Waals surface area contributed by atoms with E-state index in [4.69, 9.17) is 4.74 Å². The summed E-state index contributed by atoms with van der Waals surface area (Å²) >= 11 is 0. The second-order valence-electron chi connectivity index (χ2n) is 5.79. The molecule has 118 valence electrons. The Kier molecular flexibility index (Phi) is 6.00. The fraction of sp³-hybridized carbons (Fsp3) is 0.647. The van der Waals surface area contributed by atoms with Crippen LogP contribution in [0.3, 0.4) is 0 Å². The van der Waals surface area contributed by atoms with Gasteiger partial charge in [-0.05, 0) is 43.9 Å². The van der Waals surface area contributed by atoms with Crippen molar-refractivity contribution in [2.75, 3.05) is 31.7 Å². The van der Waals surface area contributed by atoms with Gasteiger partial charge in [0.15, 0.2) is 0 Å². The fourth-order valence-corrected chi connectivity index (χ4v) is 2.83. The third-order valence-corrected chi connectivity index (χ3v) is 4.26. The molecular weight excluding hydrogens is 267 g/mol. The highest BCUT2D eigenvalue weighted by Crippen LogP contribution is 2.38. The summed E-state index contributed by atoms with van der Waals surface area (Å²) in [4.78, 5) is 2.20. The first-order valence-electron chi connectivity index (χ1n) is 7.92. The van der Waals surface area contributed by atoms with E-state index in [-0.39, 0.29) is 5.82 Å². The lowest BCUT2D eigenvalue weighted by Gasteiger charge is -2.33. The van der Waals surface area contributed by atoms with Crippen molar-refractivity contribution in [1.82, 2.24) is 5.32 Å². The van der Waals surface area contributed by atoms with Gasteiger partial charge in [-0.25, -0.2) is 4.39 Å². The van der Waals surface area contributed by atoms with Crippen LogP contribution in [0.4, 0.5) is 10.1 Å². The molecule has 21 heavy (non-hydrogen) atoms. The van der Waals surface area contributed by atoms with Crippen molar-refractivity contribution in [1.29, 1.82) is 0 Å². The molecule has 1 unspecified atom stereocenters. The van der Waals surface area contributed by atoms with E-state index in [9.17, 15) is 4.39 Å². The molecule has 1 aromatic carbocycles. The molecule has 0 aromatic heterocycles. The second-order valence-corrected chi connectivity index (χ2v) is 5.79. The summed E-state index contributed by atoms with van der Waals surface area (Å²) in [6.07, 6.45) is 2.50. The van der Waals surface area contributed by atoms with Crippen LogP contribution < -0.4 is 10.2 Å². The monoisotopic (exact) mass is 294 g/mol. The first-order chi connectivity index (χ1) is 10.2. The highest BCUT2D eigenvalue weighted by atomic mass is 19.1. The molecule has 0 aliphatic heterocycles. The van der Waals surface area contributed by atoms with Gasteiger partial charge >= 0.3 is 0 Å². The molecule has 0 radical (unpaired) electrons. The molecule has 0 amide bonds. The molecule has 1 aliphatic rings. The fourth-order valence-electron chi connectivity index (χ4n) is 2.83. The molecule has 0 heterocycles. The van der Waals surface area contributed by atoms with Crippen molar-refractivity contribution in [3.05, 3.63) is 29.6 Å². The number of methoxy groups -OCH3 is 1. The van der Waals surface area contributed by atoms with E-state index in [0.29, 0.717) is 25.1 Å². The molecule has 1 fully saturated rings. The zero-order valence-corrected chi connectivity index (χ0v) is 13.4. The van der Waals surface area contributed by atoms with Crippen LogP contribution in [-0.2, 0) is 11.3 Å². The number of hydrogen-bond donors (Lipinski definition) is 1. The average molecular weight is 294 g/mol. The summed E-state index contributed by atoms with van der Waals surface area (Å²) in [6.45, 7) is 7.20. The largest absolute Gasteiger partial charge is 0.383 e. The summed E-state index contributed by atoms with van der Waals surface area (Å²) < 4.78 is 19.7. The Morgan fingerprint density at radius 1 is 1.43 bits per heavy atom. The Morgan fingerprint density at radius 3 is 2.81 bits per heavy atom. The van der Waals surface area contributed by atoms with Gasteiger partial charge in [0.1, 0.15) is 5.82 Å². The van der Waals surface area contributed by atoms with Gasteiger partial charge in [-0.1, -0.05) is 19.1 Å². The zero-order valence-electron chi connectivity index (χ0n) is 13.4. The maximum absolute atomic E-state index is 14.5. The Bertz CT molecular complexity index is 448. The number of benzene rings is 1. The number of nitrogens with zero attached hydrogens (tertiary/aromatic N) is 1. The summed E-state index contributed by atoms with van der Waals surface area (Å²) in [7, 11) is 1.70. The number of para-hydroxylation sites is 1. The van der Waals surface area contributed by atoms with E-state index in [1.54, 1.807) is 19.2 Å². The van der Waals surface area contributed by atoms with Crippen LogP contribution in [0.2, 0.25) is 0 Å². The molecule has 0 bridgehead atoms. The normalized spacial score (nSPS) is 16.0. The van der Waals surface area contributed by atoms with Crippen molar-refractivity contribution in [3.8, 4) is 0 Å². The van der Waals surface area contributed by atoms with Crippen LogP contribution in [0.15, 0.2) is 18.2 Å². The maximum Gasteiger partial charge on any atom is 0.146 e. The zero-order chi connectivity index (χ0) is 15.2. The highest BCUT2D eigenvalue weighted by Gasteiger charge is 2.33. The van der Waals surface area contributed by atoms with Crippen LogP contribution in [0.25, 0.3) is 0 Å². The van der Waals surface area contributed by atoms with Gasteiger partial charge in [0, 0.05) is 26.2 Å². The summed E-state index contributed by atoms with van der Waals surface area (Å²) in [6, 6.07) is 5.73. The lowest BCUT2D eigenvalue weighted by atomic mass is 10.1. The van der Waals surface area contributed by atoms with Crippen molar-refractivity contribution >= 4 is 5.69 Å². The first-order valence-corrected chi connectivity index (χ1v) is 7.92. The molecule has 0 saturated heterocycles. The van der Waals surface area contributed by atoms with Crippen LogP contribution in [0.5, 0.6) is 0 Å². The maximum atomic E-state index is 14.5. The molecular formula is C17H27FN2O. The number of rotatable bonds is 9. The molecule has 1 aliphatic carbocycles. The van der Waals surface area contributed by atoms with E-state index >= 15 is 0 Å². The Balaban J connectivity index is 2.27. The topological polar surface area (TPSA) is 24.5 Å². The summed E-state index contributed by atoms with van der Waals surface area (Å²) in [5, 5.41) is 3.30. The quantitative estimate of drug-likeness (QED) is 0.757. The molecule has 1 atom stereocenters. The molecule has 1 aromatic rings. The van der Waals surface area contributed by atoms with Crippen molar-refractivity contribution in [3.63, 3.8) is 0 Å². The van der Waals surface area contributed by atoms with Crippen LogP contribution >= 0.6 is 0 Å². The third-order valence-electron chi connectivity index (χ3n) is 4.26. The second kappa shape index (κ2) is 7.76. The SMILES string of the molecule is CCNCc1cccc(F)c1N(CCOC)C(C)C1CC1. The minimum absolute atomic E-state index is 0.131. The molecule has 1 saturated carbocycles. The summed E-state index contributed by atoms with van der Waals surface area (Å²) in [5.41, 5.74) is 1.77. The van der Waals surface area contributed by atoms with E-state index in [1.807, 2.05) is 6.07 Å². The van der Waals surface area contributed by atoms with E-state index in [0.717, 1.165) is 24.3 Å². The van der Waals surface area contributed by atoms with Gasteiger partial charge < -0.3 is 15.0 Å². The number of ether oxygens (including phenoxy) is 1. The minimum atomic E-state index is -0.131. The van der Waals surface area contributed by atoms with Gasteiger partial charge in [-0.15, -0.1) is 0 Å². The highest BCUT2D eigenvalue weighted by molar-refractivity contribution is 5.56. The first kappa shape index (κ1) is 16.2. The summed E-state index contributed by atoms with van der Waals surface area (Å²) in [5.74, 6) is 0.558.